The molecule has 0 rings (SSSR count). The zero-order valence-electron chi connectivity index (χ0n) is 17.5. The summed E-state index contributed by atoms with van der Waals surface area (Å²) in [4.78, 5) is 37.3. The lowest BCUT2D eigenvalue weighted by Gasteiger charge is -2.24. The van der Waals surface area contributed by atoms with Crippen molar-refractivity contribution in [1.82, 2.24) is 5.32 Å². The summed E-state index contributed by atoms with van der Waals surface area (Å²) in [7, 11) is 0. The average Bonchev–Trinajstić information content (AvgIpc) is 2.56. The number of aliphatic hydroxyl groups is 1. The van der Waals surface area contributed by atoms with Gasteiger partial charge in [0, 0.05) is 18.8 Å². The molecule has 1 amide bonds. The Morgan fingerprint density at radius 3 is 2.00 bits per heavy atom. The number of nitrogens with one attached hydrogen (secondary N) is 1. The van der Waals surface area contributed by atoms with E-state index in [2.05, 4.69) is 19.2 Å². The Balaban J connectivity index is 5.01. The second-order valence-electron chi connectivity index (χ2n) is 8.22. The summed E-state index contributed by atoms with van der Waals surface area (Å²) in [5.41, 5.74) is 11.3. The molecule has 0 saturated heterocycles. The zero-order chi connectivity index (χ0) is 21.1. The van der Waals surface area contributed by atoms with E-state index in [9.17, 15) is 19.5 Å². The minimum atomic E-state index is -0.997. The number of amides is 1. The maximum Gasteiger partial charge on any atom is 0.226 e. The molecule has 4 atom stereocenters. The van der Waals surface area contributed by atoms with Crippen LogP contribution in [0.1, 0.15) is 60.3 Å². The van der Waals surface area contributed by atoms with Gasteiger partial charge in [-0.3, -0.25) is 14.4 Å². The van der Waals surface area contributed by atoms with E-state index in [4.69, 9.17) is 11.5 Å². The Morgan fingerprint density at radius 1 is 1.00 bits per heavy atom. The fourth-order valence-corrected chi connectivity index (χ4v) is 3.20. The van der Waals surface area contributed by atoms with Crippen LogP contribution in [0, 0.1) is 23.7 Å². The van der Waals surface area contributed by atoms with Crippen molar-refractivity contribution in [2.75, 3.05) is 13.1 Å². The molecule has 7 nitrogen and oxygen atoms in total. The molecule has 0 saturated carbocycles. The normalized spacial score (nSPS) is 16.1. The summed E-state index contributed by atoms with van der Waals surface area (Å²) in [5, 5.41) is 12.7. The van der Waals surface area contributed by atoms with E-state index in [0.29, 0.717) is 25.3 Å². The van der Waals surface area contributed by atoms with Gasteiger partial charge in [-0.25, -0.2) is 0 Å². The van der Waals surface area contributed by atoms with Crippen LogP contribution < -0.4 is 16.8 Å². The summed E-state index contributed by atoms with van der Waals surface area (Å²) in [6.07, 6.45) is 0.399. The van der Waals surface area contributed by atoms with Crippen LogP contribution >= 0.6 is 0 Å². The number of hydrogen-bond acceptors (Lipinski definition) is 6. The minimum Gasteiger partial charge on any atom is -0.393 e. The van der Waals surface area contributed by atoms with Crippen LogP contribution in [0.2, 0.25) is 0 Å². The van der Waals surface area contributed by atoms with Crippen LogP contribution in [0.25, 0.3) is 0 Å². The van der Waals surface area contributed by atoms with Gasteiger partial charge in [-0.15, -0.1) is 0 Å². The van der Waals surface area contributed by atoms with Crippen LogP contribution in [-0.2, 0) is 14.4 Å². The van der Waals surface area contributed by atoms with Crippen LogP contribution in [-0.4, -0.2) is 47.8 Å². The Labute approximate surface area is 163 Å². The molecular formula is C20H39N3O4. The van der Waals surface area contributed by atoms with E-state index in [-0.39, 0.29) is 36.4 Å². The van der Waals surface area contributed by atoms with Crippen molar-refractivity contribution in [3.63, 3.8) is 0 Å². The van der Waals surface area contributed by atoms with Gasteiger partial charge in [-0.1, -0.05) is 27.7 Å². The van der Waals surface area contributed by atoms with Crippen molar-refractivity contribution < 1.29 is 19.5 Å². The second kappa shape index (κ2) is 13.0. The third kappa shape index (κ3) is 9.98. The van der Waals surface area contributed by atoms with Gasteiger partial charge >= 0.3 is 0 Å². The van der Waals surface area contributed by atoms with Gasteiger partial charge in [-0.05, 0) is 44.7 Å². The molecule has 0 aliphatic carbocycles. The summed E-state index contributed by atoms with van der Waals surface area (Å²) >= 11 is 0. The molecule has 27 heavy (non-hydrogen) atoms. The molecule has 158 valence electrons. The van der Waals surface area contributed by atoms with E-state index >= 15 is 0 Å². The molecule has 7 heteroatoms. The van der Waals surface area contributed by atoms with Crippen molar-refractivity contribution in [3.05, 3.63) is 0 Å². The number of nitrogens with two attached hydrogens (primary N) is 2. The van der Waals surface area contributed by atoms with Crippen LogP contribution in [0.5, 0.6) is 0 Å². The molecule has 0 aromatic heterocycles. The summed E-state index contributed by atoms with van der Waals surface area (Å²) in [6, 6.07) is -0.698. The Morgan fingerprint density at radius 2 is 1.59 bits per heavy atom. The monoisotopic (exact) mass is 385 g/mol. The number of Topliss-reactive ketones (excluding diaryl/α,β-unsaturated/α-hetero) is 2. The van der Waals surface area contributed by atoms with Crippen LogP contribution in [0.3, 0.4) is 0 Å². The molecule has 0 spiro atoms. The number of carbonyl (C=O) groups is 3. The largest absolute Gasteiger partial charge is 0.393 e. The van der Waals surface area contributed by atoms with Gasteiger partial charge < -0.3 is 21.9 Å². The standard InChI is InChI=1S/C20H39N3O4/c1-12(2)8-15(11-22)9-16(25)10-17(14(5)24)20(27)23-18(6-7-21)19(26)13(3)4/h12-15,17-18,24H,6-11,21-22H2,1-5H3,(H,23,27)/t14-,15+,17-,18-/m0/s1. The lowest BCUT2D eigenvalue weighted by Crippen LogP contribution is -2.48. The minimum absolute atomic E-state index is 0.0662. The van der Waals surface area contributed by atoms with Crippen molar-refractivity contribution in [1.29, 1.82) is 0 Å². The average molecular weight is 386 g/mol. The first-order chi connectivity index (χ1) is 12.5. The summed E-state index contributed by atoms with van der Waals surface area (Å²) in [5.74, 6) is -1.32. The zero-order valence-corrected chi connectivity index (χ0v) is 17.5. The van der Waals surface area contributed by atoms with Crippen molar-refractivity contribution in [3.8, 4) is 0 Å². The molecule has 6 N–H and O–H groups in total. The predicted octanol–water partition coefficient (Wildman–Crippen LogP) is 1.01. The molecule has 0 unspecified atom stereocenters. The van der Waals surface area contributed by atoms with Crippen molar-refractivity contribution in [2.45, 2.75) is 72.4 Å². The molecule has 0 aliphatic heterocycles. The number of carbonyl (C=O) groups excluding carboxylic acids is 3. The van der Waals surface area contributed by atoms with Gasteiger partial charge in [0.15, 0.2) is 5.78 Å². The van der Waals surface area contributed by atoms with E-state index in [1.807, 2.05) is 0 Å². The Kier molecular flexibility index (Phi) is 12.3. The molecule has 0 radical (unpaired) electrons. The lowest BCUT2D eigenvalue weighted by atomic mass is 9.88. The maximum absolute atomic E-state index is 12.6. The van der Waals surface area contributed by atoms with E-state index < -0.39 is 24.0 Å². The van der Waals surface area contributed by atoms with Gasteiger partial charge in [0.05, 0.1) is 18.1 Å². The third-order valence-electron chi connectivity index (χ3n) is 4.71. The van der Waals surface area contributed by atoms with Gasteiger partial charge in [0.25, 0.3) is 0 Å². The molecule has 0 aromatic carbocycles. The third-order valence-corrected chi connectivity index (χ3v) is 4.71. The summed E-state index contributed by atoms with van der Waals surface area (Å²) < 4.78 is 0. The van der Waals surface area contributed by atoms with Gasteiger partial charge in [0.2, 0.25) is 5.91 Å². The predicted molar refractivity (Wildman–Crippen MR) is 107 cm³/mol. The van der Waals surface area contributed by atoms with E-state index in [1.165, 1.54) is 6.92 Å². The number of hydrogen-bond donors (Lipinski definition) is 4. The highest BCUT2D eigenvalue weighted by Crippen LogP contribution is 2.19. The molecule has 0 aromatic rings. The van der Waals surface area contributed by atoms with Crippen molar-refractivity contribution >= 4 is 17.5 Å². The molecule has 0 bridgehead atoms. The first kappa shape index (κ1) is 25.7. The van der Waals surface area contributed by atoms with Gasteiger partial charge in [-0.2, -0.15) is 0 Å². The fourth-order valence-electron chi connectivity index (χ4n) is 3.20. The number of ketones is 2. The molecule has 0 fully saturated rings. The maximum atomic E-state index is 12.6. The lowest BCUT2D eigenvalue weighted by molar-refractivity contribution is -0.136. The SMILES string of the molecule is CC(C)C[C@@H](CN)CC(=O)C[C@H](C(=O)N[C@@H](CCN)C(=O)C(C)C)[C@H](C)O. The highest BCUT2D eigenvalue weighted by molar-refractivity contribution is 5.92. The first-order valence-electron chi connectivity index (χ1n) is 9.97. The van der Waals surface area contributed by atoms with Crippen molar-refractivity contribution in [2.24, 2.45) is 35.1 Å². The smallest absolute Gasteiger partial charge is 0.226 e. The molecular weight excluding hydrogens is 346 g/mol. The second-order valence-corrected chi connectivity index (χ2v) is 8.22. The quantitative estimate of drug-likeness (QED) is 0.352. The first-order valence-corrected chi connectivity index (χ1v) is 9.97. The summed E-state index contributed by atoms with van der Waals surface area (Å²) in [6.45, 7) is 9.82. The Hall–Kier alpha value is -1.31. The number of aliphatic hydroxyl groups excluding tert-OH is 1. The highest BCUT2D eigenvalue weighted by Gasteiger charge is 2.31. The molecule has 0 aliphatic rings. The van der Waals surface area contributed by atoms with Crippen LogP contribution in [0.15, 0.2) is 0 Å². The van der Waals surface area contributed by atoms with Crippen LogP contribution in [0.4, 0.5) is 0 Å². The molecule has 0 heterocycles. The Bertz CT molecular complexity index is 478. The number of rotatable bonds is 14. The highest BCUT2D eigenvalue weighted by atomic mass is 16.3. The topological polar surface area (TPSA) is 136 Å². The van der Waals surface area contributed by atoms with E-state index in [0.717, 1.165) is 6.42 Å². The van der Waals surface area contributed by atoms with E-state index in [1.54, 1.807) is 13.8 Å². The fraction of sp³-hybridized carbons (Fsp3) is 0.850. The van der Waals surface area contributed by atoms with Gasteiger partial charge in [0.1, 0.15) is 5.78 Å².